The van der Waals surface area contributed by atoms with Gasteiger partial charge in [-0.2, -0.15) is 5.10 Å². The van der Waals surface area contributed by atoms with Crippen LogP contribution in [0.5, 0.6) is 5.75 Å². The molecule has 0 spiro atoms. The Labute approximate surface area is 174 Å². The number of hydrogen-bond acceptors (Lipinski definition) is 6. The van der Waals surface area contributed by atoms with Crippen LogP contribution in [0.1, 0.15) is 40.6 Å². The van der Waals surface area contributed by atoms with E-state index in [1.165, 1.54) is 12.4 Å². The summed E-state index contributed by atoms with van der Waals surface area (Å²) in [6, 6.07) is 3.41. The summed E-state index contributed by atoms with van der Waals surface area (Å²) >= 11 is 12.3. The molecule has 0 radical (unpaired) electrons. The number of ether oxygens (including phenoxy) is 1. The number of Topliss-reactive ketones (excluding diaryl/α,β-unsaturated/α-hetero) is 1. The Morgan fingerprint density at radius 3 is 2.38 bits per heavy atom. The number of carboxylic acid groups (broad SMARTS) is 2. The van der Waals surface area contributed by atoms with Gasteiger partial charge in [0, 0.05) is 30.3 Å². The maximum atomic E-state index is 12.9. The predicted molar refractivity (Wildman–Crippen MR) is 104 cm³/mol. The quantitative estimate of drug-likeness (QED) is 0.572. The molecule has 0 amide bonds. The third-order valence-electron chi connectivity index (χ3n) is 4.20. The van der Waals surface area contributed by atoms with Gasteiger partial charge in [-0.3, -0.25) is 9.78 Å². The molecule has 1 aliphatic rings. The molecule has 0 aromatic carbocycles. The highest BCUT2D eigenvalue weighted by atomic mass is 35.5. The molecule has 29 heavy (non-hydrogen) atoms. The van der Waals surface area contributed by atoms with Crippen molar-refractivity contribution in [3.8, 4) is 5.75 Å². The number of carbonyl (C=O) groups excluding carboxylic acids is 1. The molecule has 0 bridgehead atoms. The lowest BCUT2D eigenvalue weighted by molar-refractivity contribution is 0.0985. The second-order valence-electron chi connectivity index (χ2n) is 6.23. The normalized spacial score (nSPS) is 12.9. The highest BCUT2D eigenvalue weighted by Crippen LogP contribution is 2.39. The van der Waals surface area contributed by atoms with E-state index in [9.17, 15) is 4.79 Å². The van der Waals surface area contributed by atoms with Crippen molar-refractivity contribution in [2.45, 2.75) is 25.2 Å². The molecule has 9 nitrogen and oxygen atoms in total. The fraction of sp³-hybridized carbons (Fsp3) is 0.278. The molecule has 3 aromatic heterocycles. The molecule has 11 heteroatoms. The molecule has 0 unspecified atom stereocenters. The number of rotatable bonds is 5. The number of pyridine rings is 2. The van der Waals surface area contributed by atoms with Gasteiger partial charge in [-0.15, -0.1) is 0 Å². The van der Waals surface area contributed by atoms with Gasteiger partial charge in [-0.05, 0) is 25.0 Å². The van der Waals surface area contributed by atoms with Gasteiger partial charge in [0.1, 0.15) is 5.69 Å². The number of hydrogen-bond donors (Lipinski definition) is 2. The SMILES string of the molecule is COc1ccc(C(=O)Cc2c(Cl)cncc2Cl)n2nc(C3CC3)nc12.O=C(O)O. The van der Waals surface area contributed by atoms with E-state index in [1.807, 2.05) is 0 Å². The van der Waals surface area contributed by atoms with Crippen molar-refractivity contribution in [1.29, 1.82) is 0 Å². The molecular formula is C18H16Cl2N4O5. The first-order chi connectivity index (χ1) is 13.8. The smallest absolute Gasteiger partial charge is 0.493 e. The Bertz CT molecular complexity index is 1060. The maximum Gasteiger partial charge on any atom is 0.503 e. The summed E-state index contributed by atoms with van der Waals surface area (Å²) in [4.78, 5) is 29.9. The summed E-state index contributed by atoms with van der Waals surface area (Å²) in [7, 11) is 1.57. The van der Waals surface area contributed by atoms with Crippen LogP contribution < -0.4 is 4.74 Å². The first-order valence-electron chi connectivity index (χ1n) is 8.48. The van der Waals surface area contributed by atoms with E-state index >= 15 is 0 Å². The van der Waals surface area contributed by atoms with E-state index in [0.717, 1.165) is 18.7 Å². The Balaban J connectivity index is 0.000000552. The largest absolute Gasteiger partial charge is 0.503 e. The Hall–Kier alpha value is -2.91. The van der Waals surface area contributed by atoms with E-state index in [1.54, 1.807) is 23.8 Å². The number of ketones is 1. The molecule has 1 fully saturated rings. The van der Waals surface area contributed by atoms with Crippen molar-refractivity contribution in [3.63, 3.8) is 0 Å². The molecule has 1 aliphatic carbocycles. The number of carbonyl (C=O) groups is 2. The molecule has 0 saturated heterocycles. The number of nitrogens with zero attached hydrogens (tertiary/aromatic N) is 4. The minimum Gasteiger partial charge on any atom is -0.493 e. The third kappa shape index (κ3) is 4.75. The summed E-state index contributed by atoms with van der Waals surface area (Å²) < 4.78 is 6.90. The van der Waals surface area contributed by atoms with Gasteiger partial charge in [-0.1, -0.05) is 23.2 Å². The van der Waals surface area contributed by atoms with Crippen molar-refractivity contribution in [2.24, 2.45) is 0 Å². The molecule has 2 N–H and O–H groups in total. The van der Waals surface area contributed by atoms with Gasteiger partial charge in [0.15, 0.2) is 23.0 Å². The second kappa shape index (κ2) is 8.62. The van der Waals surface area contributed by atoms with Crippen molar-refractivity contribution < 1.29 is 24.5 Å². The topological polar surface area (TPSA) is 127 Å². The number of fused-ring (bicyclic) bond motifs is 1. The van der Waals surface area contributed by atoms with Gasteiger partial charge < -0.3 is 14.9 Å². The van der Waals surface area contributed by atoms with Gasteiger partial charge in [-0.25, -0.2) is 14.3 Å². The monoisotopic (exact) mass is 438 g/mol. The van der Waals surface area contributed by atoms with Crippen molar-refractivity contribution in [3.05, 3.63) is 51.7 Å². The van der Waals surface area contributed by atoms with Crippen LogP contribution >= 0.6 is 23.2 Å². The standard InChI is InChI=1S/C17H14Cl2N4O2.CH2O3/c1-25-15-5-4-13(23-17(15)21-16(22-23)9-2-3-9)14(24)6-10-11(18)7-20-8-12(10)19;2-1(3)4/h4-5,7-9H,2-3,6H2,1H3;(H2,2,3,4). The average Bonchev–Trinajstić information content (AvgIpc) is 3.42. The lowest BCUT2D eigenvalue weighted by atomic mass is 10.1. The van der Waals surface area contributed by atoms with Gasteiger partial charge in [0.2, 0.25) is 0 Å². The molecule has 0 atom stereocenters. The van der Waals surface area contributed by atoms with Crippen molar-refractivity contribution in [2.75, 3.05) is 7.11 Å². The summed E-state index contributed by atoms with van der Waals surface area (Å²) in [5, 5.41) is 19.2. The molecule has 3 heterocycles. The van der Waals surface area contributed by atoms with Crippen LogP contribution in [0.4, 0.5) is 4.79 Å². The number of aromatic nitrogens is 4. The van der Waals surface area contributed by atoms with Crippen molar-refractivity contribution in [1.82, 2.24) is 19.6 Å². The number of methoxy groups -OCH3 is 1. The predicted octanol–water partition coefficient (Wildman–Crippen LogP) is 3.96. The molecule has 4 rings (SSSR count). The van der Waals surface area contributed by atoms with Crippen LogP contribution in [0, 0.1) is 0 Å². The first kappa shape index (κ1) is 20.8. The Kier molecular flexibility index (Phi) is 6.19. The van der Waals surface area contributed by atoms with Crippen LogP contribution in [-0.2, 0) is 6.42 Å². The van der Waals surface area contributed by atoms with Crippen LogP contribution in [0.15, 0.2) is 24.5 Å². The van der Waals surface area contributed by atoms with E-state index in [-0.39, 0.29) is 12.2 Å². The zero-order valence-electron chi connectivity index (χ0n) is 15.2. The van der Waals surface area contributed by atoms with Gasteiger partial charge in [0.05, 0.1) is 17.2 Å². The lowest BCUT2D eigenvalue weighted by Crippen LogP contribution is -2.11. The van der Waals surface area contributed by atoms with Crippen LogP contribution in [0.3, 0.4) is 0 Å². The van der Waals surface area contributed by atoms with E-state index in [0.29, 0.717) is 38.6 Å². The first-order valence-corrected chi connectivity index (χ1v) is 9.24. The zero-order valence-corrected chi connectivity index (χ0v) is 16.7. The summed E-state index contributed by atoms with van der Waals surface area (Å²) in [6.45, 7) is 0. The Morgan fingerprint density at radius 2 is 1.83 bits per heavy atom. The maximum absolute atomic E-state index is 12.9. The minimum atomic E-state index is -1.83. The zero-order chi connectivity index (χ0) is 21.1. The van der Waals surface area contributed by atoms with E-state index in [2.05, 4.69) is 15.1 Å². The summed E-state index contributed by atoms with van der Waals surface area (Å²) in [5.41, 5.74) is 1.51. The lowest BCUT2D eigenvalue weighted by Gasteiger charge is -2.08. The third-order valence-corrected chi connectivity index (χ3v) is 4.85. The fourth-order valence-corrected chi connectivity index (χ4v) is 3.20. The van der Waals surface area contributed by atoms with Crippen molar-refractivity contribution >= 4 is 40.8 Å². The molecule has 152 valence electrons. The highest BCUT2D eigenvalue weighted by Gasteiger charge is 2.29. The minimum absolute atomic E-state index is 0.0558. The summed E-state index contributed by atoms with van der Waals surface area (Å²) in [5.74, 6) is 1.54. The number of halogens is 2. The van der Waals surface area contributed by atoms with E-state index < -0.39 is 6.16 Å². The molecule has 3 aromatic rings. The molecule has 0 aliphatic heterocycles. The van der Waals surface area contributed by atoms with Gasteiger partial charge >= 0.3 is 6.16 Å². The summed E-state index contributed by atoms with van der Waals surface area (Å²) in [6.07, 6.45) is 3.32. The average molecular weight is 439 g/mol. The van der Waals surface area contributed by atoms with Crippen LogP contribution in [-0.4, -0.2) is 48.8 Å². The van der Waals surface area contributed by atoms with Crippen LogP contribution in [0.2, 0.25) is 10.0 Å². The fourth-order valence-electron chi connectivity index (χ4n) is 2.70. The second-order valence-corrected chi connectivity index (χ2v) is 7.05. The molecule has 1 saturated carbocycles. The van der Waals surface area contributed by atoms with Crippen LogP contribution in [0.25, 0.3) is 5.65 Å². The molecular weight excluding hydrogens is 423 g/mol. The highest BCUT2D eigenvalue weighted by molar-refractivity contribution is 6.36. The van der Waals surface area contributed by atoms with Gasteiger partial charge in [0.25, 0.3) is 0 Å². The van der Waals surface area contributed by atoms with E-state index in [4.69, 9.17) is 42.9 Å². The Morgan fingerprint density at radius 1 is 1.21 bits per heavy atom.